The van der Waals surface area contributed by atoms with Gasteiger partial charge in [0, 0.05) is 18.2 Å². The Balaban J connectivity index is 2.17. The maximum atomic E-state index is 12.5. The molecule has 2 aromatic carbocycles. The molecule has 2 aromatic rings. The van der Waals surface area contributed by atoms with E-state index in [-0.39, 0.29) is 36.1 Å². The number of nitrogens with zero attached hydrogens (tertiary/aromatic N) is 1. The van der Waals surface area contributed by atoms with Crippen molar-refractivity contribution in [1.29, 1.82) is 0 Å². The topological polar surface area (TPSA) is 125 Å². The number of amides is 1. The van der Waals surface area contributed by atoms with Crippen LogP contribution in [0.25, 0.3) is 0 Å². The van der Waals surface area contributed by atoms with Crippen molar-refractivity contribution in [3.8, 4) is 0 Å². The number of nitrogens with one attached hydrogen (secondary N) is 1. The molecule has 154 valence electrons. The second-order valence-corrected chi connectivity index (χ2v) is 6.88. The molecule has 8 heteroatoms. The highest BCUT2D eigenvalue weighted by Crippen LogP contribution is 2.28. The number of para-hydroxylation sites is 2. The first-order valence-electron chi connectivity index (χ1n) is 9.33. The van der Waals surface area contributed by atoms with E-state index in [1.807, 2.05) is 18.2 Å². The van der Waals surface area contributed by atoms with Crippen molar-refractivity contribution in [3.63, 3.8) is 0 Å². The first-order valence-corrected chi connectivity index (χ1v) is 9.33. The van der Waals surface area contributed by atoms with E-state index in [0.29, 0.717) is 12.1 Å². The van der Waals surface area contributed by atoms with Crippen LogP contribution >= 0.6 is 0 Å². The monoisotopic (exact) mass is 399 g/mol. The van der Waals surface area contributed by atoms with Crippen molar-refractivity contribution in [2.45, 2.75) is 45.3 Å². The third-order valence-electron chi connectivity index (χ3n) is 4.26. The van der Waals surface area contributed by atoms with E-state index in [1.54, 1.807) is 26.0 Å². The Hall–Kier alpha value is -3.42. The highest BCUT2D eigenvalue weighted by atomic mass is 16.6. The number of carbonyl (C=O) groups is 2. The maximum absolute atomic E-state index is 12.5. The minimum atomic E-state index is -0.872. The Labute approximate surface area is 169 Å². The summed E-state index contributed by atoms with van der Waals surface area (Å²) in [5, 5.41) is 14.1. The lowest BCUT2D eigenvalue weighted by molar-refractivity contribution is -0.385. The predicted molar refractivity (Wildman–Crippen MR) is 109 cm³/mol. The number of esters is 1. The van der Waals surface area contributed by atoms with Crippen LogP contribution in [-0.4, -0.2) is 22.9 Å². The van der Waals surface area contributed by atoms with Crippen LogP contribution in [-0.2, 0) is 20.7 Å². The largest absolute Gasteiger partial charge is 0.463 e. The molecular formula is C21H25N3O5. The molecule has 8 nitrogen and oxygen atoms in total. The fourth-order valence-corrected chi connectivity index (χ4v) is 2.94. The molecule has 2 rings (SSSR count). The quantitative estimate of drug-likeness (QED) is 0.288. The number of anilines is 1. The molecule has 3 N–H and O–H groups in total. The summed E-state index contributed by atoms with van der Waals surface area (Å²) in [6.07, 6.45) is 0.0106. The van der Waals surface area contributed by atoms with Crippen LogP contribution in [0.1, 0.15) is 43.9 Å². The number of benzene rings is 2. The number of nitro benzene ring substituents is 1. The van der Waals surface area contributed by atoms with Crippen LogP contribution in [0.4, 0.5) is 11.4 Å². The SMILES string of the molecule is CC(C)OC(=O)CC(NC(=O)CCc1ccccc1N)c1ccccc1[N+](=O)[O-]. The molecule has 0 aliphatic carbocycles. The van der Waals surface area contributed by atoms with Gasteiger partial charge in [0.25, 0.3) is 5.69 Å². The van der Waals surface area contributed by atoms with E-state index in [4.69, 9.17) is 10.5 Å². The molecule has 0 fully saturated rings. The van der Waals surface area contributed by atoms with Crippen molar-refractivity contribution >= 4 is 23.3 Å². The molecule has 0 aliphatic heterocycles. The fourth-order valence-electron chi connectivity index (χ4n) is 2.94. The number of nitrogens with two attached hydrogens (primary N) is 1. The summed E-state index contributed by atoms with van der Waals surface area (Å²) in [6.45, 7) is 3.42. The van der Waals surface area contributed by atoms with Crippen LogP contribution < -0.4 is 11.1 Å². The summed E-state index contributed by atoms with van der Waals surface area (Å²) in [5.41, 5.74) is 7.42. The molecule has 1 unspecified atom stereocenters. The number of carbonyl (C=O) groups excluding carboxylic acids is 2. The van der Waals surface area contributed by atoms with Crippen LogP contribution in [0.5, 0.6) is 0 Å². The molecule has 0 spiro atoms. The summed E-state index contributed by atoms with van der Waals surface area (Å²) in [7, 11) is 0. The Morgan fingerprint density at radius 3 is 2.45 bits per heavy atom. The Bertz CT molecular complexity index is 882. The third kappa shape index (κ3) is 6.60. The van der Waals surface area contributed by atoms with Gasteiger partial charge in [0.2, 0.25) is 5.91 Å². The number of ether oxygens (including phenoxy) is 1. The summed E-state index contributed by atoms with van der Waals surface area (Å²) < 4.78 is 5.15. The lowest BCUT2D eigenvalue weighted by Gasteiger charge is -2.19. The van der Waals surface area contributed by atoms with E-state index in [2.05, 4.69) is 5.32 Å². The Morgan fingerprint density at radius 1 is 1.14 bits per heavy atom. The molecule has 0 radical (unpaired) electrons. The normalized spacial score (nSPS) is 11.7. The lowest BCUT2D eigenvalue weighted by atomic mass is 10.0. The molecule has 0 aliphatic rings. The minimum absolute atomic E-state index is 0.130. The van der Waals surface area contributed by atoms with Crippen molar-refractivity contribution in [1.82, 2.24) is 5.32 Å². The zero-order valence-corrected chi connectivity index (χ0v) is 16.5. The maximum Gasteiger partial charge on any atom is 0.308 e. The molecule has 0 saturated carbocycles. The summed E-state index contributed by atoms with van der Waals surface area (Å²) in [6, 6.07) is 12.4. The Morgan fingerprint density at radius 2 is 1.79 bits per heavy atom. The van der Waals surface area contributed by atoms with Crippen LogP contribution in [0.15, 0.2) is 48.5 Å². The van der Waals surface area contributed by atoms with Gasteiger partial charge in [-0.1, -0.05) is 36.4 Å². The van der Waals surface area contributed by atoms with E-state index in [0.717, 1.165) is 5.56 Å². The average Bonchev–Trinajstić information content (AvgIpc) is 2.66. The van der Waals surface area contributed by atoms with Crippen LogP contribution in [0.3, 0.4) is 0 Å². The second-order valence-electron chi connectivity index (χ2n) is 6.88. The first-order chi connectivity index (χ1) is 13.8. The molecule has 0 heterocycles. The number of nitro groups is 1. The summed E-state index contributed by atoms with van der Waals surface area (Å²) >= 11 is 0. The smallest absolute Gasteiger partial charge is 0.308 e. The number of nitrogen functional groups attached to an aromatic ring is 1. The predicted octanol–water partition coefficient (Wildman–Crippen LogP) is 3.31. The lowest BCUT2D eigenvalue weighted by Crippen LogP contribution is -2.31. The van der Waals surface area contributed by atoms with Gasteiger partial charge in [0.05, 0.1) is 29.1 Å². The van der Waals surface area contributed by atoms with Gasteiger partial charge in [-0.2, -0.15) is 0 Å². The van der Waals surface area contributed by atoms with Crippen molar-refractivity contribution in [3.05, 3.63) is 69.8 Å². The van der Waals surface area contributed by atoms with Gasteiger partial charge in [0.1, 0.15) is 0 Å². The minimum Gasteiger partial charge on any atom is -0.463 e. The van der Waals surface area contributed by atoms with Crippen molar-refractivity contribution < 1.29 is 19.2 Å². The van der Waals surface area contributed by atoms with Gasteiger partial charge in [-0.05, 0) is 31.9 Å². The van der Waals surface area contributed by atoms with Gasteiger partial charge in [-0.3, -0.25) is 19.7 Å². The van der Waals surface area contributed by atoms with Crippen LogP contribution in [0, 0.1) is 10.1 Å². The Kier molecular flexibility index (Phi) is 7.70. The number of aryl methyl sites for hydroxylation is 1. The number of hydrogen-bond acceptors (Lipinski definition) is 6. The first kappa shape index (κ1) is 21.9. The van der Waals surface area contributed by atoms with Gasteiger partial charge in [0.15, 0.2) is 0 Å². The standard InChI is InChI=1S/C21H25N3O5/c1-14(2)29-21(26)13-18(16-8-4-6-10-19(16)24(27)28)23-20(25)12-11-15-7-3-5-9-17(15)22/h3-10,14,18H,11-13,22H2,1-2H3,(H,23,25). The van der Waals surface area contributed by atoms with E-state index in [9.17, 15) is 19.7 Å². The van der Waals surface area contributed by atoms with Gasteiger partial charge in [-0.15, -0.1) is 0 Å². The number of rotatable bonds is 9. The summed E-state index contributed by atoms with van der Waals surface area (Å²) in [5.74, 6) is -0.885. The summed E-state index contributed by atoms with van der Waals surface area (Å²) in [4.78, 5) is 35.5. The average molecular weight is 399 g/mol. The zero-order valence-electron chi connectivity index (χ0n) is 16.5. The second kappa shape index (κ2) is 10.2. The van der Waals surface area contributed by atoms with E-state index in [1.165, 1.54) is 18.2 Å². The molecule has 0 bridgehead atoms. The van der Waals surface area contributed by atoms with Crippen molar-refractivity contribution in [2.24, 2.45) is 0 Å². The zero-order chi connectivity index (χ0) is 21.4. The van der Waals surface area contributed by atoms with E-state index >= 15 is 0 Å². The molecule has 1 amide bonds. The van der Waals surface area contributed by atoms with Gasteiger partial charge in [-0.25, -0.2) is 0 Å². The van der Waals surface area contributed by atoms with Gasteiger partial charge >= 0.3 is 5.97 Å². The molecule has 1 atom stereocenters. The third-order valence-corrected chi connectivity index (χ3v) is 4.26. The highest BCUT2D eigenvalue weighted by molar-refractivity contribution is 5.79. The van der Waals surface area contributed by atoms with Crippen molar-refractivity contribution in [2.75, 3.05) is 5.73 Å². The number of hydrogen-bond donors (Lipinski definition) is 2. The van der Waals surface area contributed by atoms with Gasteiger partial charge < -0.3 is 15.8 Å². The highest BCUT2D eigenvalue weighted by Gasteiger charge is 2.26. The molecule has 0 aromatic heterocycles. The molecule has 0 saturated heterocycles. The van der Waals surface area contributed by atoms with Crippen LogP contribution in [0.2, 0.25) is 0 Å². The molecular weight excluding hydrogens is 374 g/mol. The molecule has 29 heavy (non-hydrogen) atoms. The van der Waals surface area contributed by atoms with E-state index < -0.39 is 16.9 Å². The fraction of sp³-hybridized carbons (Fsp3) is 0.333.